The Labute approximate surface area is 109 Å². The largest absolute Gasteiger partial charge is 0.495 e. The van der Waals surface area contributed by atoms with Crippen LogP contribution in [-0.4, -0.2) is 12.1 Å². The maximum absolute atomic E-state index is 6.66. The highest BCUT2D eigenvalue weighted by molar-refractivity contribution is 5.29. The molecule has 2 unspecified atom stereocenters. The molecule has 2 aliphatic carbocycles. The number of ether oxygens (including phenoxy) is 1. The molecule has 0 aliphatic heterocycles. The molecule has 0 amide bonds. The summed E-state index contributed by atoms with van der Waals surface area (Å²) in [5.74, 6) is 2.59. The zero-order chi connectivity index (χ0) is 12.6. The molecule has 0 radical (unpaired) electrons. The van der Waals surface area contributed by atoms with Crippen molar-refractivity contribution in [3.8, 4) is 5.75 Å². The van der Waals surface area contributed by atoms with Crippen LogP contribution in [0.1, 0.15) is 44.1 Å². The van der Waals surface area contributed by atoms with Crippen LogP contribution in [0.3, 0.4) is 0 Å². The van der Waals surface area contributed by atoms with Gasteiger partial charge in [0.1, 0.15) is 5.75 Å². The Morgan fingerprint density at radius 2 is 2.11 bits per heavy atom. The Morgan fingerprint density at radius 1 is 1.28 bits per heavy atom. The van der Waals surface area contributed by atoms with Gasteiger partial charge in [-0.2, -0.15) is 0 Å². The average molecular weight is 246 g/mol. The van der Waals surface area contributed by atoms with Crippen molar-refractivity contribution in [1.29, 1.82) is 0 Å². The number of nitrogens with zero attached hydrogens (tertiary/aromatic N) is 1. The lowest BCUT2D eigenvalue weighted by molar-refractivity contribution is 0.206. The zero-order valence-electron chi connectivity index (χ0n) is 11.1. The normalized spacial score (nSPS) is 32.2. The van der Waals surface area contributed by atoms with E-state index in [1.165, 1.54) is 25.7 Å². The van der Waals surface area contributed by atoms with Crippen molar-refractivity contribution < 1.29 is 4.74 Å². The van der Waals surface area contributed by atoms with Crippen LogP contribution in [0.4, 0.5) is 0 Å². The Morgan fingerprint density at radius 3 is 2.83 bits per heavy atom. The molecule has 0 aromatic carbocycles. The molecule has 3 rings (SSSR count). The van der Waals surface area contributed by atoms with Crippen molar-refractivity contribution in [3.05, 3.63) is 24.0 Å². The van der Waals surface area contributed by atoms with Crippen LogP contribution >= 0.6 is 0 Å². The van der Waals surface area contributed by atoms with Crippen molar-refractivity contribution in [2.24, 2.45) is 17.6 Å². The fraction of sp³-hybridized carbons (Fsp3) is 0.667. The highest BCUT2D eigenvalue weighted by atomic mass is 16.5. The molecular formula is C15H22N2O. The van der Waals surface area contributed by atoms with Crippen LogP contribution in [0.15, 0.2) is 18.5 Å². The summed E-state index contributed by atoms with van der Waals surface area (Å²) in [5, 5.41) is 0. The van der Waals surface area contributed by atoms with E-state index in [0.29, 0.717) is 0 Å². The second-order valence-electron chi connectivity index (χ2n) is 5.96. The predicted octanol–water partition coefficient (Wildman–Crippen LogP) is 2.84. The number of rotatable bonds is 3. The topological polar surface area (TPSA) is 48.1 Å². The highest BCUT2D eigenvalue weighted by Gasteiger charge is 2.41. The summed E-state index contributed by atoms with van der Waals surface area (Å²) in [4.78, 5) is 4.26. The maximum atomic E-state index is 6.66. The van der Waals surface area contributed by atoms with E-state index in [9.17, 15) is 0 Å². The van der Waals surface area contributed by atoms with Crippen LogP contribution in [0, 0.1) is 11.8 Å². The fourth-order valence-corrected chi connectivity index (χ4v) is 3.39. The van der Waals surface area contributed by atoms with E-state index in [2.05, 4.69) is 11.1 Å². The first-order chi connectivity index (χ1) is 8.71. The summed E-state index contributed by atoms with van der Waals surface area (Å²) in [6, 6.07) is 2.06. The van der Waals surface area contributed by atoms with Gasteiger partial charge >= 0.3 is 0 Å². The van der Waals surface area contributed by atoms with Gasteiger partial charge in [0, 0.05) is 11.7 Å². The number of aromatic nitrogens is 1. The molecule has 1 aromatic rings. The first-order valence-corrected chi connectivity index (χ1v) is 7.00. The molecule has 0 spiro atoms. The third-order valence-electron chi connectivity index (χ3n) is 4.64. The number of hydrogen-bond donors (Lipinski definition) is 1. The quantitative estimate of drug-likeness (QED) is 0.892. The van der Waals surface area contributed by atoms with Gasteiger partial charge in [-0.25, -0.2) is 0 Å². The standard InChI is InChI=1S/C15H22N2O/c1-18-14-7-13(9-17-10-14)15(16)6-2-3-12(8-15)11-4-5-11/h7,9-12H,2-6,8,16H2,1H3. The Kier molecular flexibility index (Phi) is 3.02. The van der Waals surface area contributed by atoms with Crippen molar-refractivity contribution >= 4 is 0 Å². The van der Waals surface area contributed by atoms with E-state index in [-0.39, 0.29) is 5.54 Å². The third kappa shape index (κ3) is 2.24. The van der Waals surface area contributed by atoms with Crippen LogP contribution < -0.4 is 10.5 Å². The molecule has 3 nitrogen and oxygen atoms in total. The summed E-state index contributed by atoms with van der Waals surface area (Å²) in [7, 11) is 1.68. The molecule has 98 valence electrons. The van der Waals surface area contributed by atoms with Crippen molar-refractivity contribution in [1.82, 2.24) is 4.98 Å². The minimum Gasteiger partial charge on any atom is -0.495 e. The summed E-state index contributed by atoms with van der Waals surface area (Å²) in [6.07, 6.45) is 11.3. The summed E-state index contributed by atoms with van der Waals surface area (Å²) in [5.41, 5.74) is 7.62. The molecule has 2 aliphatic rings. The van der Waals surface area contributed by atoms with E-state index in [1.54, 1.807) is 13.3 Å². The summed E-state index contributed by atoms with van der Waals surface area (Å²) < 4.78 is 5.26. The van der Waals surface area contributed by atoms with Gasteiger partial charge in [0.25, 0.3) is 0 Å². The first kappa shape index (κ1) is 12.0. The molecular weight excluding hydrogens is 224 g/mol. The molecule has 0 saturated heterocycles. The minimum atomic E-state index is -0.187. The van der Waals surface area contributed by atoms with Crippen LogP contribution in [-0.2, 0) is 5.54 Å². The monoisotopic (exact) mass is 246 g/mol. The number of pyridine rings is 1. The Hall–Kier alpha value is -1.09. The fourth-order valence-electron chi connectivity index (χ4n) is 3.39. The Bertz CT molecular complexity index is 430. The Balaban J connectivity index is 1.83. The van der Waals surface area contributed by atoms with Crippen LogP contribution in [0.25, 0.3) is 0 Å². The van der Waals surface area contributed by atoms with Gasteiger partial charge in [-0.3, -0.25) is 4.98 Å². The van der Waals surface area contributed by atoms with Crippen LogP contribution in [0.5, 0.6) is 5.75 Å². The van der Waals surface area contributed by atoms with Gasteiger partial charge in [-0.15, -0.1) is 0 Å². The first-order valence-electron chi connectivity index (χ1n) is 7.00. The summed E-state index contributed by atoms with van der Waals surface area (Å²) in [6.45, 7) is 0. The lowest BCUT2D eigenvalue weighted by Crippen LogP contribution is -2.42. The van der Waals surface area contributed by atoms with E-state index in [4.69, 9.17) is 10.5 Å². The molecule has 2 atom stereocenters. The van der Waals surface area contributed by atoms with E-state index in [1.807, 2.05) is 6.20 Å². The summed E-state index contributed by atoms with van der Waals surface area (Å²) >= 11 is 0. The third-order valence-corrected chi connectivity index (χ3v) is 4.64. The van der Waals surface area contributed by atoms with Crippen molar-refractivity contribution in [2.45, 2.75) is 44.1 Å². The van der Waals surface area contributed by atoms with E-state index < -0.39 is 0 Å². The number of methoxy groups -OCH3 is 1. The molecule has 1 aromatic heterocycles. The van der Waals surface area contributed by atoms with Crippen molar-refractivity contribution in [3.63, 3.8) is 0 Å². The van der Waals surface area contributed by atoms with E-state index >= 15 is 0 Å². The second kappa shape index (κ2) is 4.54. The smallest absolute Gasteiger partial charge is 0.137 e. The van der Waals surface area contributed by atoms with Crippen LogP contribution in [0.2, 0.25) is 0 Å². The van der Waals surface area contributed by atoms with E-state index in [0.717, 1.165) is 36.0 Å². The maximum Gasteiger partial charge on any atom is 0.137 e. The molecule has 3 heteroatoms. The molecule has 18 heavy (non-hydrogen) atoms. The van der Waals surface area contributed by atoms with Gasteiger partial charge in [0.05, 0.1) is 13.3 Å². The minimum absolute atomic E-state index is 0.187. The number of nitrogens with two attached hydrogens (primary N) is 1. The van der Waals surface area contributed by atoms with Gasteiger partial charge in [-0.1, -0.05) is 12.8 Å². The molecule has 2 N–H and O–H groups in total. The van der Waals surface area contributed by atoms with Gasteiger partial charge in [-0.05, 0) is 49.1 Å². The molecule has 2 fully saturated rings. The molecule has 0 bridgehead atoms. The average Bonchev–Trinajstić information content (AvgIpc) is 3.23. The van der Waals surface area contributed by atoms with Gasteiger partial charge in [0.2, 0.25) is 0 Å². The lowest BCUT2D eigenvalue weighted by atomic mass is 9.71. The van der Waals surface area contributed by atoms with Crippen molar-refractivity contribution in [2.75, 3.05) is 7.11 Å². The second-order valence-corrected chi connectivity index (χ2v) is 5.96. The highest BCUT2D eigenvalue weighted by Crippen LogP contribution is 2.48. The predicted molar refractivity (Wildman–Crippen MR) is 71.3 cm³/mol. The van der Waals surface area contributed by atoms with Gasteiger partial charge < -0.3 is 10.5 Å². The molecule has 2 saturated carbocycles. The lowest BCUT2D eigenvalue weighted by Gasteiger charge is -2.38. The zero-order valence-corrected chi connectivity index (χ0v) is 11.1. The SMILES string of the molecule is COc1cncc(C2(N)CCCC(C3CC3)C2)c1. The number of hydrogen-bond acceptors (Lipinski definition) is 3. The molecule has 1 heterocycles. The van der Waals surface area contributed by atoms with Gasteiger partial charge in [0.15, 0.2) is 0 Å².